The number of rotatable bonds is 3. The highest BCUT2D eigenvalue weighted by Gasteiger charge is 2.10. The van der Waals surface area contributed by atoms with Crippen molar-refractivity contribution in [2.75, 3.05) is 0 Å². The van der Waals surface area contributed by atoms with Gasteiger partial charge in [0.2, 0.25) is 0 Å². The van der Waals surface area contributed by atoms with Gasteiger partial charge in [0.05, 0.1) is 16.8 Å². The second-order valence-corrected chi connectivity index (χ2v) is 4.66. The first-order valence-electron chi connectivity index (χ1n) is 6.60. The Balaban J connectivity index is 2.10. The molecule has 0 aliphatic carbocycles. The summed E-state index contributed by atoms with van der Waals surface area (Å²) < 4.78 is 0. The number of carbonyl (C=O) groups is 1. The van der Waals surface area contributed by atoms with Crippen molar-refractivity contribution in [2.24, 2.45) is 0 Å². The standard InChI is InChI=1S/C18H13NO2/c20-18(21)15-12-14-8-4-5-9-16(14)19-17(15)11-10-13-6-2-1-3-7-13/h1-12H,(H,20,21). The van der Waals surface area contributed by atoms with Crippen molar-refractivity contribution in [3.05, 3.63) is 77.5 Å². The topological polar surface area (TPSA) is 50.2 Å². The van der Waals surface area contributed by atoms with Gasteiger partial charge in [-0.25, -0.2) is 9.78 Å². The van der Waals surface area contributed by atoms with E-state index in [1.165, 1.54) is 0 Å². The third kappa shape index (κ3) is 2.82. The van der Waals surface area contributed by atoms with Crippen LogP contribution >= 0.6 is 0 Å². The van der Waals surface area contributed by atoms with Crippen LogP contribution in [0, 0.1) is 0 Å². The van der Waals surface area contributed by atoms with Crippen molar-refractivity contribution in [3.8, 4) is 0 Å². The van der Waals surface area contributed by atoms with Gasteiger partial charge < -0.3 is 5.11 Å². The molecule has 0 aliphatic rings. The summed E-state index contributed by atoms with van der Waals surface area (Å²) in [6.07, 6.45) is 3.61. The maximum Gasteiger partial charge on any atom is 0.337 e. The van der Waals surface area contributed by atoms with Crippen LogP contribution in [0.4, 0.5) is 0 Å². The first kappa shape index (κ1) is 13.1. The fraction of sp³-hybridized carbons (Fsp3) is 0. The second kappa shape index (κ2) is 5.59. The molecule has 0 saturated carbocycles. The third-order valence-electron chi connectivity index (χ3n) is 3.22. The molecule has 0 bridgehead atoms. The van der Waals surface area contributed by atoms with Crippen LogP contribution < -0.4 is 0 Å². The van der Waals surface area contributed by atoms with Gasteiger partial charge in [0.1, 0.15) is 0 Å². The fourth-order valence-corrected chi connectivity index (χ4v) is 2.17. The smallest absolute Gasteiger partial charge is 0.337 e. The number of hydrogen-bond donors (Lipinski definition) is 1. The van der Waals surface area contributed by atoms with Gasteiger partial charge in [0.15, 0.2) is 0 Å². The average molecular weight is 275 g/mol. The maximum absolute atomic E-state index is 11.4. The number of carboxylic acid groups (broad SMARTS) is 1. The summed E-state index contributed by atoms with van der Waals surface area (Å²) in [4.78, 5) is 15.8. The van der Waals surface area contributed by atoms with Crippen LogP contribution in [-0.2, 0) is 0 Å². The van der Waals surface area contributed by atoms with Gasteiger partial charge in [-0.05, 0) is 23.8 Å². The Labute approximate surface area is 122 Å². The Kier molecular flexibility index (Phi) is 3.48. The van der Waals surface area contributed by atoms with E-state index in [-0.39, 0.29) is 5.56 Å². The van der Waals surface area contributed by atoms with Crippen LogP contribution in [-0.4, -0.2) is 16.1 Å². The summed E-state index contributed by atoms with van der Waals surface area (Å²) >= 11 is 0. The number of nitrogens with zero attached hydrogens (tertiary/aromatic N) is 1. The molecule has 1 heterocycles. The normalized spacial score (nSPS) is 11.0. The Morgan fingerprint density at radius 1 is 0.952 bits per heavy atom. The predicted octanol–water partition coefficient (Wildman–Crippen LogP) is 4.10. The van der Waals surface area contributed by atoms with E-state index in [9.17, 15) is 9.90 Å². The van der Waals surface area contributed by atoms with Crippen LogP contribution in [0.3, 0.4) is 0 Å². The molecule has 2 aromatic carbocycles. The molecule has 0 spiro atoms. The number of aromatic nitrogens is 1. The minimum atomic E-state index is -0.971. The Bertz CT molecular complexity index is 823. The molecule has 0 atom stereocenters. The largest absolute Gasteiger partial charge is 0.478 e. The van der Waals surface area contributed by atoms with Gasteiger partial charge in [-0.15, -0.1) is 0 Å². The van der Waals surface area contributed by atoms with E-state index in [1.807, 2.05) is 60.7 Å². The van der Waals surface area contributed by atoms with Crippen LogP contribution in [0.5, 0.6) is 0 Å². The molecule has 1 aromatic heterocycles. The van der Waals surface area contributed by atoms with Crippen LogP contribution in [0.15, 0.2) is 60.7 Å². The van der Waals surface area contributed by atoms with Gasteiger partial charge in [-0.2, -0.15) is 0 Å². The van der Waals surface area contributed by atoms with E-state index in [0.29, 0.717) is 5.69 Å². The lowest BCUT2D eigenvalue weighted by molar-refractivity contribution is 0.0696. The molecule has 0 fully saturated rings. The van der Waals surface area contributed by atoms with Gasteiger partial charge in [0, 0.05) is 5.39 Å². The zero-order valence-corrected chi connectivity index (χ0v) is 11.2. The molecule has 0 aliphatic heterocycles. The summed E-state index contributed by atoms with van der Waals surface area (Å²) in [6, 6.07) is 18.9. The molecule has 0 amide bonds. The van der Waals surface area contributed by atoms with E-state index in [0.717, 1.165) is 16.5 Å². The molecule has 3 rings (SSSR count). The van der Waals surface area contributed by atoms with Gasteiger partial charge in [0.25, 0.3) is 0 Å². The number of benzene rings is 2. The molecule has 21 heavy (non-hydrogen) atoms. The van der Waals surface area contributed by atoms with Crippen molar-refractivity contribution < 1.29 is 9.90 Å². The summed E-state index contributed by atoms with van der Waals surface area (Å²) in [7, 11) is 0. The quantitative estimate of drug-likeness (QED) is 0.782. The molecule has 0 saturated heterocycles. The Morgan fingerprint density at radius 3 is 2.43 bits per heavy atom. The number of pyridine rings is 1. The Morgan fingerprint density at radius 2 is 1.67 bits per heavy atom. The van der Waals surface area contributed by atoms with E-state index >= 15 is 0 Å². The zero-order valence-electron chi connectivity index (χ0n) is 11.2. The fourth-order valence-electron chi connectivity index (χ4n) is 2.17. The van der Waals surface area contributed by atoms with E-state index in [2.05, 4.69) is 4.98 Å². The van der Waals surface area contributed by atoms with Gasteiger partial charge in [-0.1, -0.05) is 54.6 Å². The minimum Gasteiger partial charge on any atom is -0.478 e. The first-order valence-corrected chi connectivity index (χ1v) is 6.60. The van der Waals surface area contributed by atoms with Gasteiger partial charge >= 0.3 is 5.97 Å². The monoisotopic (exact) mass is 275 g/mol. The summed E-state index contributed by atoms with van der Waals surface area (Å²) in [5, 5.41) is 10.2. The SMILES string of the molecule is O=C(O)c1cc2ccccc2nc1C=Cc1ccccc1. The molecule has 3 heteroatoms. The lowest BCUT2D eigenvalue weighted by Gasteiger charge is -2.04. The molecule has 3 nitrogen and oxygen atoms in total. The first-order chi connectivity index (χ1) is 10.2. The molecule has 0 unspecified atom stereocenters. The van der Waals surface area contributed by atoms with Crippen molar-refractivity contribution in [1.82, 2.24) is 4.98 Å². The number of fused-ring (bicyclic) bond motifs is 1. The molecule has 1 N–H and O–H groups in total. The highest BCUT2D eigenvalue weighted by atomic mass is 16.4. The van der Waals surface area contributed by atoms with E-state index in [4.69, 9.17) is 0 Å². The number of hydrogen-bond acceptors (Lipinski definition) is 2. The maximum atomic E-state index is 11.4. The Hall–Kier alpha value is -2.94. The number of aromatic carboxylic acids is 1. The highest BCUT2D eigenvalue weighted by Crippen LogP contribution is 2.19. The van der Waals surface area contributed by atoms with Gasteiger partial charge in [-0.3, -0.25) is 0 Å². The molecular formula is C18H13NO2. The predicted molar refractivity (Wildman–Crippen MR) is 84.1 cm³/mol. The summed E-state index contributed by atoms with van der Waals surface area (Å²) in [5.74, 6) is -0.971. The lowest BCUT2D eigenvalue weighted by atomic mass is 10.1. The van der Waals surface area contributed by atoms with Crippen molar-refractivity contribution in [3.63, 3.8) is 0 Å². The van der Waals surface area contributed by atoms with E-state index in [1.54, 1.807) is 12.1 Å². The van der Waals surface area contributed by atoms with Crippen molar-refractivity contribution in [1.29, 1.82) is 0 Å². The van der Waals surface area contributed by atoms with Crippen LogP contribution in [0.25, 0.3) is 23.1 Å². The molecule has 0 radical (unpaired) electrons. The zero-order chi connectivity index (χ0) is 14.7. The summed E-state index contributed by atoms with van der Waals surface area (Å²) in [5.41, 5.74) is 2.46. The molecule has 3 aromatic rings. The van der Waals surface area contributed by atoms with Crippen molar-refractivity contribution >= 4 is 29.0 Å². The molecular weight excluding hydrogens is 262 g/mol. The lowest BCUT2D eigenvalue weighted by Crippen LogP contribution is -2.02. The summed E-state index contributed by atoms with van der Waals surface area (Å²) in [6.45, 7) is 0. The second-order valence-electron chi connectivity index (χ2n) is 4.66. The third-order valence-corrected chi connectivity index (χ3v) is 3.22. The average Bonchev–Trinajstić information content (AvgIpc) is 2.53. The van der Waals surface area contributed by atoms with E-state index < -0.39 is 5.97 Å². The van der Waals surface area contributed by atoms with Crippen LogP contribution in [0.1, 0.15) is 21.6 Å². The van der Waals surface area contributed by atoms with Crippen LogP contribution in [0.2, 0.25) is 0 Å². The number of carboxylic acids is 1. The van der Waals surface area contributed by atoms with Crippen molar-refractivity contribution in [2.45, 2.75) is 0 Å². The molecule has 102 valence electrons. The number of para-hydroxylation sites is 1. The minimum absolute atomic E-state index is 0.209. The highest BCUT2D eigenvalue weighted by molar-refractivity contribution is 5.97.